The third-order valence-corrected chi connectivity index (χ3v) is 7.11. The number of carbonyl (C=O) groups is 1. The van der Waals surface area contributed by atoms with Crippen LogP contribution in [0.1, 0.15) is 39.9 Å². The van der Waals surface area contributed by atoms with Crippen molar-refractivity contribution >= 4 is 40.2 Å². The zero-order valence-corrected chi connectivity index (χ0v) is 18.2. The maximum Gasteiger partial charge on any atom is 0.336 e. The summed E-state index contributed by atoms with van der Waals surface area (Å²) in [6, 6.07) is 7.81. The number of hydrogen-bond acceptors (Lipinski definition) is 3. The standard InChI is InChI=1S/C23H24ClNO3S/c1-14-11-16(12-15(2)21(14)24)28-9-3-5-17-18-6-8-25-7-4-10-29-20(22(18)25)13-19(17)23(26)27/h6,8,11-13H,3-5,7,9-10H2,1-2H3,(H,26,27). The number of thioether (sulfide) groups is 1. The van der Waals surface area contributed by atoms with Crippen LogP contribution < -0.4 is 4.74 Å². The Morgan fingerprint density at radius 1 is 1.28 bits per heavy atom. The molecule has 0 aliphatic carbocycles. The Morgan fingerprint density at radius 3 is 2.76 bits per heavy atom. The molecule has 1 aliphatic rings. The second-order valence-corrected chi connectivity index (χ2v) is 9.02. The Kier molecular flexibility index (Phi) is 5.79. The number of ether oxygens (including phenoxy) is 1. The number of halogens is 1. The van der Waals surface area contributed by atoms with E-state index < -0.39 is 5.97 Å². The van der Waals surface area contributed by atoms with Gasteiger partial charge in [0.05, 0.1) is 17.7 Å². The first kappa shape index (κ1) is 20.2. The quantitative estimate of drug-likeness (QED) is 0.480. The van der Waals surface area contributed by atoms with Gasteiger partial charge in [-0.05, 0) is 79.8 Å². The minimum absolute atomic E-state index is 0.415. The summed E-state index contributed by atoms with van der Waals surface area (Å²) in [6.07, 6.45) is 4.59. The van der Waals surface area contributed by atoms with Gasteiger partial charge in [-0.1, -0.05) is 11.6 Å². The number of rotatable bonds is 6. The van der Waals surface area contributed by atoms with Crippen molar-refractivity contribution in [2.75, 3.05) is 12.4 Å². The van der Waals surface area contributed by atoms with Crippen LogP contribution in [0.25, 0.3) is 10.9 Å². The topological polar surface area (TPSA) is 51.5 Å². The third kappa shape index (κ3) is 3.99. The molecule has 2 aromatic carbocycles. The molecule has 0 spiro atoms. The van der Waals surface area contributed by atoms with Crippen LogP contribution in [0.4, 0.5) is 0 Å². The van der Waals surface area contributed by atoms with Crippen molar-refractivity contribution in [3.8, 4) is 5.75 Å². The van der Waals surface area contributed by atoms with Gasteiger partial charge in [0.1, 0.15) is 5.75 Å². The van der Waals surface area contributed by atoms with Crippen LogP contribution >= 0.6 is 23.4 Å². The van der Waals surface area contributed by atoms with Crippen molar-refractivity contribution in [2.24, 2.45) is 0 Å². The van der Waals surface area contributed by atoms with Crippen LogP contribution in [-0.4, -0.2) is 28.0 Å². The van der Waals surface area contributed by atoms with Gasteiger partial charge in [0.2, 0.25) is 0 Å². The Labute approximate surface area is 179 Å². The molecule has 0 atom stereocenters. The van der Waals surface area contributed by atoms with Crippen molar-refractivity contribution in [3.63, 3.8) is 0 Å². The van der Waals surface area contributed by atoms with E-state index in [2.05, 4.69) is 16.8 Å². The summed E-state index contributed by atoms with van der Waals surface area (Å²) in [5.41, 5.74) is 4.49. The van der Waals surface area contributed by atoms with E-state index in [1.807, 2.05) is 32.0 Å². The molecule has 3 aromatic rings. The summed E-state index contributed by atoms with van der Waals surface area (Å²) in [5.74, 6) is 0.959. The number of aryl methyl sites for hydroxylation is 4. The summed E-state index contributed by atoms with van der Waals surface area (Å²) >= 11 is 7.98. The molecule has 29 heavy (non-hydrogen) atoms. The molecule has 6 heteroatoms. The molecule has 152 valence electrons. The van der Waals surface area contributed by atoms with Gasteiger partial charge in [-0.3, -0.25) is 0 Å². The Morgan fingerprint density at radius 2 is 2.03 bits per heavy atom. The molecule has 0 saturated carbocycles. The van der Waals surface area contributed by atoms with Crippen molar-refractivity contribution in [3.05, 3.63) is 57.7 Å². The fourth-order valence-electron chi connectivity index (χ4n) is 4.02. The van der Waals surface area contributed by atoms with Crippen molar-refractivity contribution in [1.82, 2.24) is 4.57 Å². The largest absolute Gasteiger partial charge is 0.494 e. The van der Waals surface area contributed by atoms with Crippen LogP contribution in [0.3, 0.4) is 0 Å². The van der Waals surface area contributed by atoms with E-state index in [4.69, 9.17) is 16.3 Å². The molecule has 1 N–H and O–H groups in total. The maximum absolute atomic E-state index is 11.9. The zero-order valence-electron chi connectivity index (χ0n) is 16.6. The highest BCUT2D eigenvalue weighted by atomic mass is 35.5. The number of benzene rings is 2. The van der Waals surface area contributed by atoms with Crippen LogP contribution in [0.5, 0.6) is 5.75 Å². The molecule has 0 fully saturated rings. The number of carboxylic acids is 1. The summed E-state index contributed by atoms with van der Waals surface area (Å²) in [7, 11) is 0. The number of carboxylic acid groups (broad SMARTS) is 1. The predicted molar refractivity (Wildman–Crippen MR) is 119 cm³/mol. The molecule has 1 aromatic heterocycles. The third-order valence-electron chi connectivity index (χ3n) is 5.40. The Balaban J connectivity index is 1.55. The normalized spacial score (nSPS) is 13.5. The molecule has 4 rings (SSSR count). The second-order valence-electron chi connectivity index (χ2n) is 7.50. The van der Waals surface area contributed by atoms with E-state index in [0.717, 1.165) is 62.9 Å². The molecule has 2 heterocycles. The smallest absolute Gasteiger partial charge is 0.336 e. The van der Waals surface area contributed by atoms with Gasteiger partial charge < -0.3 is 14.4 Å². The van der Waals surface area contributed by atoms with Crippen molar-refractivity contribution < 1.29 is 14.6 Å². The maximum atomic E-state index is 11.9. The molecule has 0 radical (unpaired) electrons. The van der Waals surface area contributed by atoms with E-state index in [1.54, 1.807) is 11.8 Å². The molecule has 0 bridgehead atoms. The summed E-state index contributed by atoms with van der Waals surface area (Å²) in [5, 5.41) is 11.6. The van der Waals surface area contributed by atoms with Gasteiger partial charge in [0.25, 0.3) is 0 Å². The number of hydrogen-bond donors (Lipinski definition) is 1. The molecule has 1 aliphatic heterocycles. The molecule has 4 nitrogen and oxygen atoms in total. The van der Waals surface area contributed by atoms with E-state index in [-0.39, 0.29) is 0 Å². The monoisotopic (exact) mass is 429 g/mol. The van der Waals surface area contributed by atoms with E-state index >= 15 is 0 Å². The van der Waals surface area contributed by atoms with Crippen LogP contribution in [0.2, 0.25) is 5.02 Å². The first-order valence-electron chi connectivity index (χ1n) is 9.86. The minimum atomic E-state index is -0.861. The SMILES string of the molecule is Cc1cc(OCCCc2c(C(=O)O)cc3c4c2ccn4CCCS3)cc(C)c1Cl. The average Bonchev–Trinajstić information content (AvgIpc) is 3.00. The summed E-state index contributed by atoms with van der Waals surface area (Å²) in [4.78, 5) is 13.0. The summed E-state index contributed by atoms with van der Waals surface area (Å²) < 4.78 is 8.18. The molecular weight excluding hydrogens is 406 g/mol. The van der Waals surface area contributed by atoms with Gasteiger partial charge in [-0.25, -0.2) is 4.79 Å². The lowest BCUT2D eigenvalue weighted by molar-refractivity contribution is 0.0695. The van der Waals surface area contributed by atoms with Gasteiger partial charge >= 0.3 is 5.97 Å². The fourth-order valence-corrected chi connectivity index (χ4v) is 5.19. The predicted octanol–water partition coefficient (Wildman–Crippen LogP) is 6.12. The second kappa shape index (κ2) is 8.33. The molecular formula is C23H24ClNO3S. The average molecular weight is 430 g/mol. The highest BCUT2D eigenvalue weighted by Gasteiger charge is 2.21. The number of nitrogens with zero attached hydrogens (tertiary/aromatic N) is 1. The fraction of sp³-hybridized carbons (Fsp3) is 0.348. The Bertz CT molecular complexity index is 1070. The lowest BCUT2D eigenvalue weighted by atomic mass is 9.98. The van der Waals surface area contributed by atoms with Crippen molar-refractivity contribution in [1.29, 1.82) is 0 Å². The number of aromatic carboxylic acids is 1. The zero-order chi connectivity index (χ0) is 20.5. The van der Waals surface area contributed by atoms with Gasteiger partial charge in [0, 0.05) is 28.0 Å². The Hall–Kier alpha value is -2.11. The summed E-state index contributed by atoms with van der Waals surface area (Å²) in [6.45, 7) is 5.44. The van der Waals surface area contributed by atoms with Crippen molar-refractivity contribution in [2.45, 2.75) is 44.6 Å². The molecule has 0 unspecified atom stereocenters. The lowest BCUT2D eigenvalue weighted by Gasteiger charge is -2.13. The van der Waals surface area contributed by atoms with E-state index in [0.29, 0.717) is 18.6 Å². The minimum Gasteiger partial charge on any atom is -0.494 e. The van der Waals surface area contributed by atoms with Gasteiger partial charge in [-0.2, -0.15) is 0 Å². The van der Waals surface area contributed by atoms with Gasteiger partial charge in [-0.15, -0.1) is 11.8 Å². The van der Waals surface area contributed by atoms with Gasteiger partial charge in [0.15, 0.2) is 0 Å². The molecule has 0 saturated heterocycles. The highest BCUT2D eigenvalue weighted by Crippen LogP contribution is 2.37. The first-order valence-corrected chi connectivity index (χ1v) is 11.2. The van der Waals surface area contributed by atoms with E-state index in [1.165, 1.54) is 5.52 Å². The first-order chi connectivity index (χ1) is 14.0. The molecule has 0 amide bonds. The highest BCUT2D eigenvalue weighted by molar-refractivity contribution is 7.99. The number of aromatic nitrogens is 1. The van der Waals surface area contributed by atoms with Crippen LogP contribution in [-0.2, 0) is 13.0 Å². The van der Waals surface area contributed by atoms with Crippen LogP contribution in [0.15, 0.2) is 35.4 Å². The van der Waals surface area contributed by atoms with E-state index in [9.17, 15) is 9.90 Å². The lowest BCUT2D eigenvalue weighted by Crippen LogP contribution is -2.07. The van der Waals surface area contributed by atoms with Crippen LogP contribution in [0, 0.1) is 13.8 Å².